The third-order valence-corrected chi connectivity index (χ3v) is 5.44. The molecule has 0 bridgehead atoms. The molecule has 2 aromatic carbocycles. The molecule has 4 rings (SSSR count). The van der Waals surface area contributed by atoms with Gasteiger partial charge in [0.2, 0.25) is 5.91 Å². The summed E-state index contributed by atoms with van der Waals surface area (Å²) in [5, 5.41) is 4.02. The topological polar surface area (TPSA) is 59.9 Å². The number of hydrogen-bond acceptors (Lipinski definition) is 4. The van der Waals surface area contributed by atoms with Gasteiger partial charge in [0.25, 0.3) is 0 Å². The van der Waals surface area contributed by atoms with E-state index in [1.807, 2.05) is 18.2 Å². The second-order valence-corrected chi connectivity index (χ2v) is 7.43. The van der Waals surface area contributed by atoms with Gasteiger partial charge in [-0.1, -0.05) is 35.3 Å². The fraction of sp³-hybridized carbons (Fsp3) is 0.238. The minimum atomic E-state index is -0.0414. The molecule has 0 saturated carbocycles. The number of piperidine rings is 1. The van der Waals surface area contributed by atoms with E-state index in [1.54, 1.807) is 25.3 Å². The van der Waals surface area contributed by atoms with Crippen molar-refractivity contribution in [3.63, 3.8) is 0 Å². The lowest BCUT2D eigenvalue weighted by molar-refractivity contribution is -0.120. The van der Waals surface area contributed by atoms with Gasteiger partial charge in [-0.05, 0) is 35.9 Å². The molecule has 1 saturated heterocycles. The summed E-state index contributed by atoms with van der Waals surface area (Å²) in [4.78, 5) is 16.4. The number of fused-ring (bicyclic) bond motifs is 1. The number of ether oxygens (including phenoxy) is 2. The van der Waals surface area contributed by atoms with Crippen LogP contribution in [0.15, 0.2) is 53.0 Å². The van der Waals surface area contributed by atoms with Crippen LogP contribution in [0, 0.1) is 0 Å². The maximum absolute atomic E-state index is 12.0. The Balaban J connectivity index is 1.57. The molecule has 0 spiro atoms. The number of nitrogens with zero attached hydrogens (tertiary/aromatic N) is 1. The minimum absolute atomic E-state index is 0.0299. The zero-order valence-electron chi connectivity index (χ0n) is 15.2. The van der Waals surface area contributed by atoms with Crippen molar-refractivity contribution in [1.82, 2.24) is 5.32 Å². The lowest BCUT2D eigenvalue weighted by Crippen LogP contribution is -2.38. The van der Waals surface area contributed by atoms with Crippen LogP contribution in [0.4, 0.5) is 0 Å². The van der Waals surface area contributed by atoms with Gasteiger partial charge in [0, 0.05) is 33.5 Å². The number of aliphatic imine (C=N–C) groups is 1. The quantitative estimate of drug-likeness (QED) is 0.778. The van der Waals surface area contributed by atoms with Crippen LogP contribution in [0.5, 0.6) is 11.5 Å². The van der Waals surface area contributed by atoms with Crippen LogP contribution in [0.1, 0.15) is 23.5 Å². The molecule has 144 valence electrons. The molecule has 0 aliphatic carbocycles. The highest BCUT2D eigenvalue weighted by Gasteiger charge is 2.32. The monoisotopic (exact) mass is 416 g/mol. The van der Waals surface area contributed by atoms with Gasteiger partial charge in [-0.3, -0.25) is 9.79 Å². The van der Waals surface area contributed by atoms with Crippen molar-refractivity contribution < 1.29 is 14.3 Å². The number of amidine groups is 1. The second kappa shape index (κ2) is 7.86. The molecule has 1 N–H and O–H groups in total. The standard InChI is InChI=1S/C21H18Cl2N2O3/c1-27-19-9-12(16-10-20(26)25-21-15(16)6-7-24-21)2-5-18(19)28-11-13-8-14(22)3-4-17(13)23/h2-6,8-9,16H,7,10-11H2,1H3,(H,24,25,26). The minimum Gasteiger partial charge on any atom is -0.493 e. The maximum Gasteiger partial charge on any atom is 0.226 e. The second-order valence-electron chi connectivity index (χ2n) is 6.59. The third-order valence-electron chi connectivity index (χ3n) is 4.84. The van der Waals surface area contributed by atoms with E-state index in [4.69, 9.17) is 32.7 Å². The number of carbonyl (C=O) groups excluding carboxylic acids is 1. The first kappa shape index (κ1) is 18.8. The molecule has 7 heteroatoms. The van der Waals surface area contributed by atoms with E-state index in [1.165, 1.54) is 0 Å². The Morgan fingerprint density at radius 3 is 2.86 bits per heavy atom. The fourth-order valence-electron chi connectivity index (χ4n) is 3.45. The molecule has 2 heterocycles. The fourth-order valence-corrected chi connectivity index (χ4v) is 3.81. The van der Waals surface area contributed by atoms with Crippen molar-refractivity contribution in [2.24, 2.45) is 4.99 Å². The summed E-state index contributed by atoms with van der Waals surface area (Å²) < 4.78 is 11.4. The zero-order chi connectivity index (χ0) is 19.7. The normalized spacial score (nSPS) is 18.1. The molecule has 2 aliphatic rings. The van der Waals surface area contributed by atoms with Gasteiger partial charge in [-0.2, -0.15) is 0 Å². The van der Waals surface area contributed by atoms with Crippen LogP contribution < -0.4 is 14.8 Å². The predicted molar refractivity (Wildman–Crippen MR) is 110 cm³/mol. The summed E-state index contributed by atoms with van der Waals surface area (Å²) in [5.41, 5.74) is 2.84. The van der Waals surface area contributed by atoms with Crippen molar-refractivity contribution >= 4 is 34.9 Å². The Bertz CT molecular complexity index is 1000. The Hall–Kier alpha value is -2.50. The van der Waals surface area contributed by atoms with Crippen molar-refractivity contribution in [3.8, 4) is 11.5 Å². The third kappa shape index (κ3) is 3.73. The van der Waals surface area contributed by atoms with E-state index >= 15 is 0 Å². The molecular formula is C21H18Cl2N2O3. The molecule has 1 atom stereocenters. The van der Waals surface area contributed by atoms with E-state index in [0.29, 0.717) is 40.3 Å². The van der Waals surface area contributed by atoms with Crippen LogP contribution in [0.2, 0.25) is 10.0 Å². The van der Waals surface area contributed by atoms with Crippen molar-refractivity contribution in [1.29, 1.82) is 0 Å². The number of carbonyl (C=O) groups is 1. The average Bonchev–Trinajstić information content (AvgIpc) is 3.16. The Morgan fingerprint density at radius 1 is 1.18 bits per heavy atom. The molecule has 5 nitrogen and oxygen atoms in total. The first-order chi connectivity index (χ1) is 13.5. The summed E-state index contributed by atoms with van der Waals surface area (Å²) >= 11 is 12.2. The van der Waals surface area contributed by atoms with Gasteiger partial charge in [0.1, 0.15) is 12.4 Å². The van der Waals surface area contributed by atoms with Crippen LogP contribution in [-0.4, -0.2) is 25.4 Å². The summed E-state index contributed by atoms with van der Waals surface area (Å²) in [7, 11) is 1.59. The molecule has 2 aromatic rings. The van der Waals surface area contributed by atoms with Crippen LogP contribution in [-0.2, 0) is 11.4 Å². The molecule has 1 amide bonds. The molecular weight excluding hydrogens is 399 g/mol. The van der Waals surface area contributed by atoms with Gasteiger partial charge < -0.3 is 14.8 Å². The summed E-state index contributed by atoms with van der Waals surface area (Å²) in [5.74, 6) is 1.80. The first-order valence-electron chi connectivity index (χ1n) is 8.84. The van der Waals surface area contributed by atoms with Crippen LogP contribution in [0.3, 0.4) is 0 Å². The summed E-state index contributed by atoms with van der Waals surface area (Å²) in [6.07, 6.45) is 2.43. The van der Waals surface area contributed by atoms with E-state index in [0.717, 1.165) is 16.7 Å². The van der Waals surface area contributed by atoms with E-state index in [2.05, 4.69) is 16.4 Å². The molecule has 1 fully saturated rings. The van der Waals surface area contributed by atoms with E-state index in [9.17, 15) is 4.79 Å². The average molecular weight is 417 g/mol. The number of amides is 1. The molecule has 0 aromatic heterocycles. The Morgan fingerprint density at radius 2 is 2.04 bits per heavy atom. The maximum atomic E-state index is 12.0. The van der Waals surface area contributed by atoms with Crippen molar-refractivity contribution in [2.75, 3.05) is 13.7 Å². The van der Waals surface area contributed by atoms with Crippen LogP contribution in [0.25, 0.3) is 0 Å². The first-order valence-corrected chi connectivity index (χ1v) is 9.60. The van der Waals surface area contributed by atoms with Gasteiger partial charge >= 0.3 is 0 Å². The van der Waals surface area contributed by atoms with Crippen molar-refractivity contribution in [3.05, 3.63) is 69.2 Å². The highest BCUT2D eigenvalue weighted by Crippen LogP contribution is 2.38. The van der Waals surface area contributed by atoms with Gasteiger partial charge in [-0.25, -0.2) is 0 Å². The van der Waals surface area contributed by atoms with Crippen molar-refractivity contribution in [2.45, 2.75) is 18.9 Å². The Kier molecular flexibility index (Phi) is 5.29. The molecule has 1 unspecified atom stereocenters. The predicted octanol–water partition coefficient (Wildman–Crippen LogP) is 4.52. The molecule has 0 radical (unpaired) electrons. The highest BCUT2D eigenvalue weighted by atomic mass is 35.5. The van der Waals surface area contributed by atoms with E-state index in [-0.39, 0.29) is 18.4 Å². The van der Waals surface area contributed by atoms with Gasteiger partial charge in [-0.15, -0.1) is 0 Å². The molecule has 28 heavy (non-hydrogen) atoms. The number of methoxy groups -OCH3 is 1. The lowest BCUT2D eigenvalue weighted by atomic mass is 9.85. The summed E-state index contributed by atoms with van der Waals surface area (Å²) in [6.45, 7) is 0.864. The SMILES string of the molecule is COc1cc(C2CC(=O)NC3=NCC=C32)ccc1OCc1cc(Cl)ccc1Cl. The number of hydrogen-bond donors (Lipinski definition) is 1. The highest BCUT2D eigenvalue weighted by molar-refractivity contribution is 6.33. The Labute approximate surface area is 173 Å². The lowest BCUT2D eigenvalue weighted by Gasteiger charge is -2.26. The zero-order valence-corrected chi connectivity index (χ0v) is 16.7. The number of halogens is 2. The largest absolute Gasteiger partial charge is 0.493 e. The van der Waals surface area contributed by atoms with Gasteiger partial charge in [0.15, 0.2) is 11.5 Å². The van der Waals surface area contributed by atoms with E-state index < -0.39 is 0 Å². The summed E-state index contributed by atoms with van der Waals surface area (Å²) in [6, 6.07) is 11.0. The molecule has 2 aliphatic heterocycles. The number of nitrogens with one attached hydrogen (secondary N) is 1. The smallest absolute Gasteiger partial charge is 0.226 e. The number of rotatable bonds is 5. The van der Waals surface area contributed by atoms with Crippen LogP contribution >= 0.6 is 23.2 Å². The number of benzene rings is 2. The van der Waals surface area contributed by atoms with Gasteiger partial charge in [0.05, 0.1) is 13.7 Å².